The maximum Gasteiger partial charge on any atom is 0.159 e. The Balaban J connectivity index is 2.60. The van der Waals surface area contributed by atoms with Crippen molar-refractivity contribution in [2.45, 2.75) is 33.6 Å². The summed E-state index contributed by atoms with van der Waals surface area (Å²) in [7, 11) is 0. The zero-order valence-electron chi connectivity index (χ0n) is 12.2. The van der Waals surface area contributed by atoms with Crippen molar-refractivity contribution in [1.82, 2.24) is 10.2 Å². The molecule has 5 heteroatoms. The minimum absolute atomic E-state index is 0.397. The van der Waals surface area contributed by atoms with Crippen LogP contribution in [0.1, 0.15) is 37.8 Å². The van der Waals surface area contributed by atoms with Gasteiger partial charge in [0.1, 0.15) is 5.75 Å². The van der Waals surface area contributed by atoms with Crippen molar-refractivity contribution in [1.29, 1.82) is 0 Å². The summed E-state index contributed by atoms with van der Waals surface area (Å²) in [6.45, 7) is 9.10. The van der Waals surface area contributed by atoms with Crippen molar-refractivity contribution in [3.63, 3.8) is 0 Å². The number of nitrogen functional groups attached to an aromatic ring is 1. The van der Waals surface area contributed by atoms with Crippen LogP contribution in [-0.4, -0.2) is 16.8 Å². The molecular formula is C15H20IN3O. The molecule has 4 nitrogen and oxygen atoms in total. The molecule has 0 aliphatic rings. The predicted octanol–water partition coefficient (Wildman–Crippen LogP) is 4.09. The molecule has 0 atom stereocenters. The van der Waals surface area contributed by atoms with Crippen molar-refractivity contribution in [2.75, 3.05) is 12.3 Å². The molecule has 2 aromatic rings. The van der Waals surface area contributed by atoms with Crippen LogP contribution in [0.25, 0.3) is 11.3 Å². The molecule has 1 aromatic heterocycles. The van der Waals surface area contributed by atoms with Crippen molar-refractivity contribution in [3.05, 3.63) is 26.8 Å². The highest BCUT2D eigenvalue weighted by atomic mass is 127. The lowest BCUT2D eigenvalue weighted by molar-refractivity contribution is 0.335. The fourth-order valence-corrected chi connectivity index (χ4v) is 2.75. The standard InChI is InChI=1S/C15H20IN3O/c1-5-20-12-6-9(4)11(7-10(12)8(2)3)14-13(16)15(17)19-18-14/h6-8H,5H2,1-4H3,(H3,17,18,19). The lowest BCUT2D eigenvalue weighted by Gasteiger charge is -2.16. The Morgan fingerprint density at radius 2 is 2.10 bits per heavy atom. The van der Waals surface area contributed by atoms with Gasteiger partial charge >= 0.3 is 0 Å². The molecule has 0 radical (unpaired) electrons. The van der Waals surface area contributed by atoms with E-state index >= 15 is 0 Å². The fourth-order valence-electron chi connectivity index (χ4n) is 2.22. The number of aromatic amines is 1. The molecular weight excluding hydrogens is 365 g/mol. The number of aromatic nitrogens is 2. The second-order valence-corrected chi connectivity index (χ2v) is 6.17. The Labute approximate surface area is 133 Å². The van der Waals surface area contributed by atoms with Gasteiger partial charge in [-0.05, 0) is 65.6 Å². The number of nitrogens with two attached hydrogens (primary N) is 1. The number of hydrogen-bond donors (Lipinski definition) is 2. The average molecular weight is 385 g/mol. The Morgan fingerprint density at radius 3 is 2.60 bits per heavy atom. The molecule has 0 unspecified atom stereocenters. The lowest BCUT2D eigenvalue weighted by atomic mass is 9.95. The van der Waals surface area contributed by atoms with Gasteiger partial charge < -0.3 is 10.5 Å². The van der Waals surface area contributed by atoms with E-state index in [1.165, 1.54) is 5.56 Å². The van der Waals surface area contributed by atoms with Crippen LogP contribution < -0.4 is 10.5 Å². The van der Waals surface area contributed by atoms with Crippen LogP contribution in [0.5, 0.6) is 5.75 Å². The molecule has 1 heterocycles. The monoisotopic (exact) mass is 385 g/mol. The van der Waals surface area contributed by atoms with Gasteiger partial charge in [0.2, 0.25) is 0 Å². The number of benzene rings is 1. The molecule has 2 rings (SSSR count). The van der Waals surface area contributed by atoms with E-state index in [9.17, 15) is 0 Å². The summed E-state index contributed by atoms with van der Waals surface area (Å²) in [5.41, 5.74) is 10.3. The molecule has 3 N–H and O–H groups in total. The molecule has 20 heavy (non-hydrogen) atoms. The highest BCUT2D eigenvalue weighted by Crippen LogP contribution is 2.36. The third-order valence-corrected chi connectivity index (χ3v) is 4.37. The van der Waals surface area contributed by atoms with Gasteiger partial charge in [-0.1, -0.05) is 13.8 Å². The van der Waals surface area contributed by atoms with Gasteiger partial charge in [0, 0.05) is 5.56 Å². The van der Waals surface area contributed by atoms with Crippen LogP contribution in [0.4, 0.5) is 5.82 Å². The average Bonchev–Trinajstić information content (AvgIpc) is 2.71. The van der Waals surface area contributed by atoms with Gasteiger partial charge in [-0.2, -0.15) is 5.10 Å². The maximum atomic E-state index is 5.83. The predicted molar refractivity (Wildman–Crippen MR) is 91.1 cm³/mol. The van der Waals surface area contributed by atoms with E-state index in [1.54, 1.807) is 0 Å². The van der Waals surface area contributed by atoms with Gasteiger partial charge in [-0.3, -0.25) is 5.10 Å². The van der Waals surface area contributed by atoms with Gasteiger partial charge in [0.25, 0.3) is 0 Å². The van der Waals surface area contributed by atoms with E-state index in [2.05, 4.69) is 65.7 Å². The zero-order chi connectivity index (χ0) is 14.9. The Hall–Kier alpha value is -1.24. The van der Waals surface area contributed by atoms with Crippen LogP contribution in [0.3, 0.4) is 0 Å². The number of nitrogens with zero attached hydrogens (tertiary/aromatic N) is 1. The Kier molecular flexibility index (Phi) is 4.57. The molecule has 1 aromatic carbocycles. The summed E-state index contributed by atoms with van der Waals surface area (Å²) in [5, 5.41) is 7.11. The van der Waals surface area contributed by atoms with Crippen molar-refractivity contribution in [2.24, 2.45) is 0 Å². The number of ether oxygens (including phenoxy) is 1. The molecule has 0 saturated carbocycles. The van der Waals surface area contributed by atoms with E-state index in [-0.39, 0.29) is 0 Å². The minimum atomic E-state index is 0.397. The van der Waals surface area contributed by atoms with Crippen LogP contribution in [0.15, 0.2) is 12.1 Å². The summed E-state index contributed by atoms with van der Waals surface area (Å²) in [6, 6.07) is 4.28. The van der Waals surface area contributed by atoms with E-state index in [4.69, 9.17) is 10.5 Å². The van der Waals surface area contributed by atoms with Crippen LogP contribution in [-0.2, 0) is 0 Å². The summed E-state index contributed by atoms with van der Waals surface area (Å²) < 4.78 is 6.72. The molecule has 0 aliphatic heterocycles. The second-order valence-electron chi connectivity index (χ2n) is 5.09. The topological polar surface area (TPSA) is 63.9 Å². The highest BCUT2D eigenvalue weighted by molar-refractivity contribution is 14.1. The molecule has 0 saturated heterocycles. The van der Waals surface area contributed by atoms with Gasteiger partial charge in [-0.15, -0.1) is 0 Å². The molecule has 0 bridgehead atoms. The SMILES string of the molecule is CCOc1cc(C)c(-c2[nH]nc(N)c2I)cc1C(C)C. The molecule has 0 amide bonds. The molecule has 0 fully saturated rings. The summed E-state index contributed by atoms with van der Waals surface area (Å²) in [5.74, 6) is 1.90. The first kappa shape index (κ1) is 15.2. The number of nitrogens with one attached hydrogen (secondary N) is 1. The van der Waals surface area contributed by atoms with E-state index < -0.39 is 0 Å². The van der Waals surface area contributed by atoms with Crippen molar-refractivity contribution in [3.8, 4) is 17.0 Å². The third kappa shape index (κ3) is 2.77. The second kappa shape index (κ2) is 6.03. The number of anilines is 1. The highest BCUT2D eigenvalue weighted by Gasteiger charge is 2.16. The van der Waals surface area contributed by atoms with Crippen LogP contribution in [0.2, 0.25) is 0 Å². The normalized spacial score (nSPS) is 11.1. The molecule has 0 spiro atoms. The quantitative estimate of drug-likeness (QED) is 0.780. The van der Waals surface area contributed by atoms with E-state index in [0.29, 0.717) is 18.3 Å². The maximum absolute atomic E-state index is 5.83. The fraction of sp³-hybridized carbons (Fsp3) is 0.400. The van der Waals surface area contributed by atoms with Crippen LogP contribution in [0, 0.1) is 10.5 Å². The van der Waals surface area contributed by atoms with E-state index in [0.717, 1.165) is 26.1 Å². The van der Waals surface area contributed by atoms with Gasteiger partial charge in [-0.25, -0.2) is 0 Å². The zero-order valence-corrected chi connectivity index (χ0v) is 14.4. The van der Waals surface area contributed by atoms with E-state index in [1.807, 2.05) is 6.92 Å². The molecule has 108 valence electrons. The summed E-state index contributed by atoms with van der Waals surface area (Å²) in [4.78, 5) is 0. The first-order valence-corrected chi connectivity index (χ1v) is 7.80. The number of aryl methyl sites for hydroxylation is 1. The number of halogens is 1. The Bertz CT molecular complexity index is 620. The number of rotatable bonds is 4. The van der Waals surface area contributed by atoms with Crippen LogP contribution >= 0.6 is 22.6 Å². The summed E-state index contributed by atoms with van der Waals surface area (Å²) >= 11 is 2.22. The number of H-pyrrole nitrogens is 1. The Morgan fingerprint density at radius 1 is 1.40 bits per heavy atom. The third-order valence-electron chi connectivity index (χ3n) is 3.28. The lowest BCUT2D eigenvalue weighted by Crippen LogP contribution is -2.00. The first-order chi connectivity index (χ1) is 9.45. The van der Waals surface area contributed by atoms with Gasteiger partial charge in [0.05, 0.1) is 15.9 Å². The minimum Gasteiger partial charge on any atom is -0.494 e. The smallest absolute Gasteiger partial charge is 0.159 e. The van der Waals surface area contributed by atoms with Crippen molar-refractivity contribution >= 4 is 28.4 Å². The first-order valence-electron chi connectivity index (χ1n) is 6.72. The van der Waals surface area contributed by atoms with Gasteiger partial charge in [0.15, 0.2) is 5.82 Å². The number of hydrogen-bond acceptors (Lipinski definition) is 3. The van der Waals surface area contributed by atoms with Crippen molar-refractivity contribution < 1.29 is 4.74 Å². The summed E-state index contributed by atoms with van der Waals surface area (Å²) in [6.07, 6.45) is 0. The largest absolute Gasteiger partial charge is 0.494 e. The molecule has 0 aliphatic carbocycles.